The SMILES string of the molecule is CCO[N+](=O)[O-].S. The zero-order valence-corrected chi connectivity index (χ0v) is 4.88. The summed E-state index contributed by atoms with van der Waals surface area (Å²) in [5.41, 5.74) is 0. The molecule has 4 nitrogen and oxygen atoms in total. The minimum Gasteiger partial charge on any atom is -0.314 e. The van der Waals surface area contributed by atoms with Crippen molar-refractivity contribution in [3.05, 3.63) is 10.1 Å². The van der Waals surface area contributed by atoms with Crippen molar-refractivity contribution < 1.29 is 9.92 Å². The minimum absolute atomic E-state index is 0. The van der Waals surface area contributed by atoms with Gasteiger partial charge < -0.3 is 4.84 Å². The average Bonchev–Trinajstić information content (AvgIpc) is 1.35. The normalized spacial score (nSPS) is 6.43. The molecule has 7 heavy (non-hydrogen) atoms. The zero-order chi connectivity index (χ0) is 4.99. The van der Waals surface area contributed by atoms with Crippen LogP contribution in [0.2, 0.25) is 0 Å². The van der Waals surface area contributed by atoms with Gasteiger partial charge in [0, 0.05) is 0 Å². The number of nitrogens with zero attached hydrogens (tertiary/aromatic N) is 1. The van der Waals surface area contributed by atoms with Gasteiger partial charge in [0.25, 0.3) is 5.09 Å². The predicted molar refractivity (Wildman–Crippen MR) is 29.0 cm³/mol. The van der Waals surface area contributed by atoms with Gasteiger partial charge in [-0.2, -0.15) is 13.5 Å². The van der Waals surface area contributed by atoms with E-state index < -0.39 is 5.09 Å². The molecule has 0 aliphatic carbocycles. The molecule has 0 rings (SSSR count). The van der Waals surface area contributed by atoms with Crippen LogP contribution in [0.15, 0.2) is 0 Å². The van der Waals surface area contributed by atoms with Crippen molar-refractivity contribution >= 4 is 13.5 Å². The molecule has 0 radical (unpaired) electrons. The molecule has 0 N–H and O–H groups in total. The molecule has 0 unspecified atom stereocenters. The first-order valence-corrected chi connectivity index (χ1v) is 1.54. The third-order valence-corrected chi connectivity index (χ3v) is 0.235. The number of hydrogen-bond donors (Lipinski definition) is 0. The van der Waals surface area contributed by atoms with Gasteiger partial charge >= 0.3 is 0 Å². The molecule has 0 bridgehead atoms. The predicted octanol–water partition coefficient (Wildman–Crippen LogP) is 0.327. The van der Waals surface area contributed by atoms with Crippen LogP contribution in [0.5, 0.6) is 0 Å². The minimum atomic E-state index is -0.819. The van der Waals surface area contributed by atoms with E-state index in [0.717, 1.165) is 0 Å². The first-order chi connectivity index (χ1) is 2.77. The standard InChI is InChI=1S/C2H5NO3.H2S/c1-2-6-3(4)5;/h2H2,1H3;1H2. The lowest BCUT2D eigenvalue weighted by Gasteiger charge is -1.83. The molecule has 0 fully saturated rings. The fourth-order valence-corrected chi connectivity index (χ4v) is 0.105. The molecule has 0 aromatic heterocycles. The molecule has 0 aromatic carbocycles. The van der Waals surface area contributed by atoms with Crippen molar-refractivity contribution in [2.24, 2.45) is 0 Å². The van der Waals surface area contributed by atoms with E-state index >= 15 is 0 Å². The molecule has 0 amide bonds. The van der Waals surface area contributed by atoms with Crippen LogP contribution >= 0.6 is 13.5 Å². The Morgan fingerprint density at radius 3 is 2.29 bits per heavy atom. The summed E-state index contributed by atoms with van der Waals surface area (Å²) in [6.45, 7) is 1.69. The smallest absolute Gasteiger partial charge is 0.294 e. The molecular formula is C2H7NO3S. The Kier molecular flexibility index (Phi) is 7.73. The Balaban J connectivity index is 0. The van der Waals surface area contributed by atoms with E-state index in [0.29, 0.717) is 0 Å². The number of rotatable bonds is 2. The van der Waals surface area contributed by atoms with Gasteiger partial charge in [-0.05, 0) is 6.92 Å². The van der Waals surface area contributed by atoms with Crippen LogP contribution in [0.1, 0.15) is 6.92 Å². The van der Waals surface area contributed by atoms with E-state index in [1.807, 2.05) is 0 Å². The molecule has 0 aliphatic heterocycles. The third-order valence-electron chi connectivity index (χ3n) is 0.235. The summed E-state index contributed by atoms with van der Waals surface area (Å²) in [5.74, 6) is 0. The Morgan fingerprint density at radius 2 is 2.29 bits per heavy atom. The van der Waals surface area contributed by atoms with Gasteiger partial charge in [-0.15, -0.1) is 10.1 Å². The van der Waals surface area contributed by atoms with Gasteiger partial charge in [-0.25, -0.2) is 0 Å². The maximum absolute atomic E-state index is 9.18. The summed E-state index contributed by atoms with van der Waals surface area (Å²) in [5, 5.41) is 8.36. The van der Waals surface area contributed by atoms with Crippen molar-refractivity contribution in [1.29, 1.82) is 0 Å². The maximum atomic E-state index is 9.18. The van der Waals surface area contributed by atoms with E-state index in [9.17, 15) is 10.1 Å². The maximum Gasteiger partial charge on any atom is 0.294 e. The van der Waals surface area contributed by atoms with Gasteiger partial charge in [0.15, 0.2) is 0 Å². The lowest BCUT2D eigenvalue weighted by molar-refractivity contribution is -0.756. The second kappa shape index (κ2) is 5.55. The lowest BCUT2D eigenvalue weighted by Crippen LogP contribution is -1.97. The highest BCUT2D eigenvalue weighted by Gasteiger charge is 1.83. The van der Waals surface area contributed by atoms with Gasteiger partial charge in [0.05, 0.1) is 6.61 Å². The number of hydrogen-bond acceptors (Lipinski definition) is 3. The van der Waals surface area contributed by atoms with Crippen LogP contribution in [0, 0.1) is 10.1 Å². The summed E-state index contributed by atoms with van der Waals surface area (Å²) < 4.78 is 0. The second-order valence-corrected chi connectivity index (χ2v) is 0.641. The molecular weight excluding hydrogens is 118 g/mol. The van der Waals surface area contributed by atoms with Crippen molar-refractivity contribution in [1.82, 2.24) is 0 Å². The molecule has 0 heterocycles. The Morgan fingerprint density at radius 1 is 1.86 bits per heavy atom. The highest BCUT2D eigenvalue weighted by molar-refractivity contribution is 7.59. The fourth-order valence-electron chi connectivity index (χ4n) is 0.105. The van der Waals surface area contributed by atoms with Gasteiger partial charge in [0.2, 0.25) is 0 Å². The lowest BCUT2D eigenvalue weighted by atomic mass is 10.9. The summed E-state index contributed by atoms with van der Waals surface area (Å²) in [6, 6.07) is 0. The first-order valence-electron chi connectivity index (χ1n) is 1.54. The molecule has 0 atom stereocenters. The van der Waals surface area contributed by atoms with Gasteiger partial charge in [0.1, 0.15) is 0 Å². The van der Waals surface area contributed by atoms with E-state index in [4.69, 9.17) is 0 Å². The van der Waals surface area contributed by atoms with Gasteiger partial charge in [-0.1, -0.05) is 0 Å². The summed E-state index contributed by atoms with van der Waals surface area (Å²) in [4.78, 5) is 12.9. The second-order valence-electron chi connectivity index (χ2n) is 0.641. The van der Waals surface area contributed by atoms with Crippen LogP contribution in [0.4, 0.5) is 0 Å². The van der Waals surface area contributed by atoms with E-state index in [-0.39, 0.29) is 20.1 Å². The molecule has 0 aromatic rings. The Bertz CT molecular complexity index is 56.9. The molecule has 0 saturated heterocycles. The molecule has 0 spiro atoms. The quantitative estimate of drug-likeness (QED) is 0.394. The van der Waals surface area contributed by atoms with Crippen molar-refractivity contribution in [2.45, 2.75) is 6.92 Å². The molecule has 5 heteroatoms. The topological polar surface area (TPSA) is 52.4 Å². The van der Waals surface area contributed by atoms with E-state index in [2.05, 4.69) is 4.84 Å². The average molecular weight is 125 g/mol. The Labute approximate surface area is 48.0 Å². The highest BCUT2D eigenvalue weighted by atomic mass is 32.1. The fraction of sp³-hybridized carbons (Fsp3) is 1.00. The van der Waals surface area contributed by atoms with Crippen molar-refractivity contribution in [3.8, 4) is 0 Å². The highest BCUT2D eigenvalue weighted by Crippen LogP contribution is 1.67. The molecule has 0 aliphatic rings. The van der Waals surface area contributed by atoms with Crippen LogP contribution in [0.25, 0.3) is 0 Å². The molecule has 0 saturated carbocycles. The van der Waals surface area contributed by atoms with Crippen molar-refractivity contribution in [2.75, 3.05) is 6.61 Å². The van der Waals surface area contributed by atoms with Crippen LogP contribution in [-0.2, 0) is 4.84 Å². The summed E-state index contributed by atoms with van der Waals surface area (Å²) in [6.07, 6.45) is 0. The first kappa shape index (κ1) is 9.75. The summed E-state index contributed by atoms with van der Waals surface area (Å²) >= 11 is 0. The zero-order valence-electron chi connectivity index (χ0n) is 3.88. The monoisotopic (exact) mass is 125 g/mol. The Hall–Kier alpha value is -0.450. The van der Waals surface area contributed by atoms with Crippen molar-refractivity contribution in [3.63, 3.8) is 0 Å². The van der Waals surface area contributed by atoms with E-state index in [1.165, 1.54) is 0 Å². The van der Waals surface area contributed by atoms with E-state index in [1.54, 1.807) is 6.92 Å². The third kappa shape index (κ3) is 10.8. The molecule has 44 valence electrons. The largest absolute Gasteiger partial charge is 0.314 e. The summed E-state index contributed by atoms with van der Waals surface area (Å²) in [7, 11) is 0. The van der Waals surface area contributed by atoms with Crippen LogP contribution < -0.4 is 0 Å². The van der Waals surface area contributed by atoms with Crippen LogP contribution in [0.3, 0.4) is 0 Å². The van der Waals surface area contributed by atoms with Gasteiger partial charge in [-0.3, -0.25) is 0 Å². The van der Waals surface area contributed by atoms with Crippen LogP contribution in [-0.4, -0.2) is 11.7 Å².